The van der Waals surface area contributed by atoms with Gasteiger partial charge in [0.25, 0.3) is 0 Å². The first kappa shape index (κ1) is 113. The first-order chi connectivity index (χ1) is 52.8. The fraction of sp³-hybridized carbons (Fsp3) is 0.807. The molecule has 0 aromatic heterocycles. The minimum Gasteiger partial charge on any atom is -0.481 e. The number of nitrogens with one attached hydrogen (secondary N) is 1. The van der Waals surface area contributed by atoms with Crippen molar-refractivity contribution < 1.29 is 108 Å². The normalized spacial score (nSPS) is 25.2. The van der Waals surface area contributed by atoms with E-state index in [-0.39, 0.29) is 104 Å². The number of rotatable bonds is 35. The summed E-state index contributed by atoms with van der Waals surface area (Å²) in [6.07, 6.45) is 38.3. The molecule has 0 aromatic carbocycles. The Kier molecular flexibility index (Phi) is 57.9. The number of carboxylic acid groups (broad SMARTS) is 5. The van der Waals surface area contributed by atoms with Crippen molar-refractivity contribution in [1.29, 1.82) is 0 Å². The third kappa shape index (κ3) is 53.2. The summed E-state index contributed by atoms with van der Waals surface area (Å²) in [6.45, 7) is 30.1. The first-order valence-corrected chi connectivity index (χ1v) is 42.4. The zero-order valence-electron chi connectivity index (χ0n) is 70.3. The molecule has 6 aliphatic rings. The van der Waals surface area contributed by atoms with E-state index in [2.05, 4.69) is 46.0 Å². The molecule has 1 amide bonds. The summed E-state index contributed by atoms with van der Waals surface area (Å²) in [7, 11) is 0. The maximum Gasteiger partial charge on any atom is 0.306 e. The Hall–Kier alpha value is -5.97. The number of ketones is 1. The van der Waals surface area contributed by atoms with E-state index in [1.54, 1.807) is 0 Å². The highest BCUT2D eigenvalue weighted by Crippen LogP contribution is 2.50. The van der Waals surface area contributed by atoms with Crippen LogP contribution in [-0.4, -0.2) is 150 Å². The molecule has 6 saturated carbocycles. The van der Waals surface area contributed by atoms with E-state index in [1.807, 2.05) is 80.5 Å². The number of hydrogen-bond donors (Lipinski definition) is 11. The number of allylic oxidation sites excluding steroid dienone is 3. The highest BCUT2D eigenvalue weighted by Gasteiger charge is 2.42. The van der Waals surface area contributed by atoms with Gasteiger partial charge in [0.2, 0.25) is 5.91 Å². The van der Waals surface area contributed by atoms with E-state index in [4.69, 9.17) is 52.1 Å². The van der Waals surface area contributed by atoms with Crippen molar-refractivity contribution >= 4 is 81.7 Å². The maximum absolute atomic E-state index is 11.9. The van der Waals surface area contributed by atoms with Gasteiger partial charge < -0.3 is 67.1 Å². The van der Waals surface area contributed by atoms with Gasteiger partial charge in [-0.05, 0) is 337 Å². The van der Waals surface area contributed by atoms with Crippen molar-refractivity contribution in [2.24, 2.45) is 79.8 Å². The van der Waals surface area contributed by atoms with Crippen molar-refractivity contribution in [2.45, 2.75) is 357 Å². The van der Waals surface area contributed by atoms with Crippen LogP contribution in [0, 0.1) is 62.6 Å². The molecule has 668 valence electrons. The summed E-state index contributed by atoms with van der Waals surface area (Å²) in [4.78, 5) is 123. The SMILES string of the molecule is C.C.C=CCC1CCC(=O)CC1.C=CCC1CCC(CCC(=O)OC(C)(C)C)(CC(=O)O)CC1.C=CCC1CCC(CN)(CC(=O)O)CC1.CC(C)(C)OC(=O)CCC1(CC(=O)O)CCC(CC=O)CC1.CC(C)(C)OC(=O)CCC1(CC(=O)O)CCC(CCN)CC1.NCC1(CC(=O)O)CCC(CCNC(=O)CBr)CC1.OOO. The van der Waals surface area contributed by atoms with Gasteiger partial charge in [0, 0.05) is 45.1 Å². The number of esters is 3. The summed E-state index contributed by atoms with van der Waals surface area (Å²) in [5, 5.41) is 64.1. The molecule has 0 atom stereocenters. The molecule has 14 N–H and O–H groups in total. The number of nitrogens with two attached hydrogens (primary N) is 3. The summed E-state index contributed by atoms with van der Waals surface area (Å²) >= 11 is 3.11. The second-order valence-electron chi connectivity index (χ2n) is 36.1. The summed E-state index contributed by atoms with van der Waals surface area (Å²) in [5.41, 5.74) is 14.4. The highest BCUT2D eigenvalue weighted by molar-refractivity contribution is 9.09. The Labute approximate surface area is 698 Å². The highest BCUT2D eigenvalue weighted by atomic mass is 79.9. The number of alkyl halides is 1. The van der Waals surface area contributed by atoms with E-state index in [1.165, 1.54) is 0 Å². The second-order valence-corrected chi connectivity index (χ2v) is 36.7. The van der Waals surface area contributed by atoms with Gasteiger partial charge in [0.15, 0.2) is 0 Å². The molecule has 26 nitrogen and oxygen atoms in total. The molecule has 6 fully saturated rings. The molecule has 0 aromatic rings. The smallest absolute Gasteiger partial charge is 0.306 e. The molecule has 0 radical (unpaired) electrons. The van der Waals surface area contributed by atoms with Gasteiger partial charge >= 0.3 is 47.8 Å². The minimum absolute atomic E-state index is 0. The number of carboxylic acids is 5. The molecule has 115 heavy (non-hydrogen) atoms. The average Bonchev–Trinajstić information content (AvgIpc) is 0.838. The molecule has 0 bridgehead atoms. The van der Waals surface area contributed by atoms with E-state index in [0.29, 0.717) is 105 Å². The Morgan fingerprint density at radius 1 is 0.435 bits per heavy atom. The number of amides is 1. The molecule has 0 spiro atoms. The quantitative estimate of drug-likeness (QED) is 0.00534. The third-order valence-electron chi connectivity index (χ3n) is 23.3. The van der Waals surface area contributed by atoms with Gasteiger partial charge in [-0.3, -0.25) is 47.9 Å². The van der Waals surface area contributed by atoms with Gasteiger partial charge in [-0.25, -0.2) is 10.5 Å². The predicted octanol–water partition coefficient (Wildman–Crippen LogP) is 18.0. The Morgan fingerprint density at radius 3 is 0.913 bits per heavy atom. The summed E-state index contributed by atoms with van der Waals surface area (Å²) < 4.78 is 16.0. The number of carbonyl (C=O) groups excluding carboxylic acids is 6. The van der Waals surface area contributed by atoms with E-state index in [9.17, 15) is 68.1 Å². The second kappa shape index (κ2) is 58.8. The number of ether oxygens (including phenoxy) is 3. The number of aliphatic carboxylic acids is 5. The molecule has 0 saturated heterocycles. The molecular formula is C88H157BrN4O22. The Balaban J connectivity index is -0.00000131. The fourth-order valence-electron chi connectivity index (χ4n) is 16.8. The van der Waals surface area contributed by atoms with Crippen LogP contribution in [0.3, 0.4) is 0 Å². The number of aldehydes is 1. The number of halogens is 1. The van der Waals surface area contributed by atoms with Crippen molar-refractivity contribution in [3.63, 3.8) is 0 Å². The van der Waals surface area contributed by atoms with Gasteiger partial charge in [0.1, 0.15) is 28.9 Å². The van der Waals surface area contributed by atoms with Crippen LogP contribution in [0.2, 0.25) is 0 Å². The molecule has 0 aliphatic heterocycles. The fourth-order valence-corrected chi connectivity index (χ4v) is 17.0. The zero-order chi connectivity index (χ0) is 86.1. The predicted molar refractivity (Wildman–Crippen MR) is 454 cm³/mol. The van der Waals surface area contributed by atoms with Crippen LogP contribution in [0.4, 0.5) is 0 Å². The average molecular weight is 1700 g/mol. The van der Waals surface area contributed by atoms with Crippen LogP contribution >= 0.6 is 15.9 Å². The lowest BCUT2D eigenvalue weighted by Crippen LogP contribution is -2.37. The molecule has 6 rings (SSSR count). The van der Waals surface area contributed by atoms with Crippen LogP contribution in [0.25, 0.3) is 0 Å². The third-order valence-corrected chi connectivity index (χ3v) is 23.8. The molecular weight excluding hydrogens is 1540 g/mol. The van der Waals surface area contributed by atoms with E-state index < -0.39 is 46.6 Å². The van der Waals surface area contributed by atoms with Crippen LogP contribution < -0.4 is 22.5 Å². The Morgan fingerprint density at radius 2 is 0.678 bits per heavy atom. The topological polar surface area (TPSA) is 456 Å². The van der Waals surface area contributed by atoms with E-state index in [0.717, 1.165) is 198 Å². The number of carbonyl (C=O) groups is 11. The first-order valence-electron chi connectivity index (χ1n) is 41.2. The lowest BCUT2D eigenvalue weighted by Gasteiger charge is -2.39. The summed E-state index contributed by atoms with van der Waals surface area (Å²) in [5.74, 6) is -0.537. The standard InChI is InChI=1S/C18H30O4.C17H31NO4.C17H28O5.C13H23BrN2O3.C12H21NO2.C9H14O.2CH4.H2O3/c1-5-6-14-7-10-18(11-8-14,13-15(19)20)12-9-16(21)22-17(2,3)4;2*1-16(2,3)22-15(21)6-10-17(12-14(19)20)8-4-13(5-9-17)7-11-18;14-8-11(17)16-6-3-10-1-4-13(9-15,5-2-10)7-12(18)19;1-2-3-10-4-6-12(9-13,7-5-10)8-11(14)15;1-2-3-8-4-6-9(10)7-5-8;;;1-3-2/h5,14H,1,6-13H2,2-4H3,(H,19,20);13H,4-12,18H2,1-3H3,(H,19,20);11,13H,4-10,12H2,1-3H3,(H,19,20);10H,1-9,15H2,(H,16,17)(H,18,19);2,10H,1,3-9,13H2,(H,14,15);2,8H,1,3-7H2;2*1H4;1-2H. The van der Waals surface area contributed by atoms with Gasteiger partial charge in [-0.1, -0.05) is 54.0 Å². The molecule has 0 heterocycles. The van der Waals surface area contributed by atoms with Crippen molar-refractivity contribution in [1.82, 2.24) is 5.32 Å². The lowest BCUT2D eigenvalue weighted by molar-refractivity contribution is -0.465. The van der Waals surface area contributed by atoms with Crippen molar-refractivity contribution in [3.05, 3.63) is 38.0 Å². The molecule has 27 heteroatoms. The number of hydrogen-bond acceptors (Lipinski definition) is 20. The van der Waals surface area contributed by atoms with Gasteiger partial charge in [-0.15, -0.1) is 19.7 Å². The maximum atomic E-state index is 11.9. The van der Waals surface area contributed by atoms with Crippen molar-refractivity contribution in [3.8, 4) is 0 Å². The van der Waals surface area contributed by atoms with Gasteiger partial charge in [-0.2, -0.15) is 0 Å². The van der Waals surface area contributed by atoms with Crippen LogP contribution in [0.1, 0.15) is 340 Å². The zero-order valence-corrected chi connectivity index (χ0v) is 71.9. The van der Waals surface area contributed by atoms with Gasteiger partial charge in [0.05, 0.1) is 37.4 Å². The van der Waals surface area contributed by atoms with E-state index >= 15 is 0 Å². The minimum atomic E-state index is -0.821. The van der Waals surface area contributed by atoms with Crippen LogP contribution in [0.5, 0.6) is 0 Å². The molecule has 6 aliphatic carbocycles. The number of Topliss-reactive ketones (excluding diaryl/α,β-unsaturated/α-hetero) is 1. The van der Waals surface area contributed by atoms with Crippen LogP contribution in [0.15, 0.2) is 38.0 Å². The Bertz CT molecular complexity index is 2760. The lowest BCUT2D eigenvalue weighted by atomic mass is 9.66. The van der Waals surface area contributed by atoms with Crippen LogP contribution in [-0.2, 0) is 72.0 Å². The van der Waals surface area contributed by atoms with Crippen molar-refractivity contribution in [2.75, 3.05) is 31.5 Å². The molecule has 0 unspecified atom stereocenters. The largest absolute Gasteiger partial charge is 0.481 e. The monoisotopic (exact) mass is 1700 g/mol. The summed E-state index contributed by atoms with van der Waals surface area (Å²) in [6, 6.07) is 0.